The van der Waals surface area contributed by atoms with Crippen LogP contribution in [0.15, 0.2) is 36.9 Å². The molecule has 188 valence electrons. The van der Waals surface area contributed by atoms with E-state index in [1.807, 2.05) is 0 Å². The maximum absolute atomic E-state index is 13.1. The molecule has 1 aromatic carbocycles. The van der Waals surface area contributed by atoms with E-state index in [0.717, 1.165) is 0 Å². The van der Waals surface area contributed by atoms with Gasteiger partial charge in [0.05, 0.1) is 0 Å². The van der Waals surface area contributed by atoms with Gasteiger partial charge in [-0.25, -0.2) is 4.79 Å². The fraction of sp³-hybridized carbons (Fsp3) is 0.500. The lowest BCUT2D eigenvalue weighted by Crippen LogP contribution is -2.56. The van der Waals surface area contributed by atoms with E-state index in [9.17, 15) is 24.3 Å². The third kappa shape index (κ3) is 10.8. The number of benzene rings is 1. The number of ether oxygens (including phenoxy) is 2. The van der Waals surface area contributed by atoms with Crippen LogP contribution in [0, 0.1) is 5.92 Å². The van der Waals surface area contributed by atoms with Crippen molar-refractivity contribution in [1.82, 2.24) is 16.0 Å². The molecule has 0 bridgehead atoms. The van der Waals surface area contributed by atoms with Crippen LogP contribution in [-0.2, 0) is 30.3 Å². The molecule has 0 saturated heterocycles. The number of hydrogen-bond donors (Lipinski definition) is 4. The Morgan fingerprint density at radius 3 is 2.21 bits per heavy atom. The molecule has 4 N–H and O–H groups in total. The number of phenols is 1. The van der Waals surface area contributed by atoms with Gasteiger partial charge in [0, 0.05) is 6.42 Å². The number of carbonyl (C=O) groups excluding carboxylic acids is 4. The quantitative estimate of drug-likeness (QED) is 0.281. The van der Waals surface area contributed by atoms with Crippen molar-refractivity contribution in [2.75, 3.05) is 13.2 Å². The van der Waals surface area contributed by atoms with Crippen molar-refractivity contribution in [3.05, 3.63) is 42.5 Å². The zero-order valence-corrected chi connectivity index (χ0v) is 20.3. The van der Waals surface area contributed by atoms with Gasteiger partial charge < -0.3 is 30.5 Å². The highest BCUT2D eigenvalue weighted by Gasteiger charge is 2.30. The van der Waals surface area contributed by atoms with Crippen LogP contribution in [-0.4, -0.2) is 59.8 Å². The van der Waals surface area contributed by atoms with Gasteiger partial charge in [-0.1, -0.05) is 38.6 Å². The highest BCUT2D eigenvalue weighted by Crippen LogP contribution is 2.13. The van der Waals surface area contributed by atoms with E-state index in [1.165, 1.54) is 18.2 Å². The van der Waals surface area contributed by atoms with Crippen LogP contribution >= 0.6 is 0 Å². The van der Waals surface area contributed by atoms with E-state index in [-0.39, 0.29) is 31.2 Å². The fourth-order valence-corrected chi connectivity index (χ4v) is 2.79. The summed E-state index contributed by atoms with van der Waals surface area (Å²) < 4.78 is 10.1. The third-order valence-electron chi connectivity index (χ3n) is 4.40. The number of esters is 1. The van der Waals surface area contributed by atoms with Crippen molar-refractivity contribution in [3.8, 4) is 5.75 Å². The second kappa shape index (κ2) is 13.2. The summed E-state index contributed by atoms with van der Waals surface area (Å²) in [7, 11) is 0. The zero-order chi connectivity index (χ0) is 25.9. The Bertz CT molecular complexity index is 860. The molecule has 0 spiro atoms. The first kappa shape index (κ1) is 28.5. The van der Waals surface area contributed by atoms with Crippen LogP contribution in [0.4, 0.5) is 4.79 Å². The summed E-state index contributed by atoms with van der Waals surface area (Å²) >= 11 is 0. The normalized spacial score (nSPS) is 12.8. The summed E-state index contributed by atoms with van der Waals surface area (Å²) in [5.41, 5.74) is -0.103. The van der Waals surface area contributed by atoms with Crippen molar-refractivity contribution >= 4 is 23.9 Å². The molecular weight excluding hydrogens is 442 g/mol. The number of nitrogens with one attached hydrogen (secondary N) is 3. The minimum absolute atomic E-state index is 0.0221. The predicted octanol–water partition coefficient (Wildman–Crippen LogP) is 1.81. The number of carbonyl (C=O) groups is 4. The largest absolute Gasteiger partial charge is 0.508 e. The predicted molar refractivity (Wildman–Crippen MR) is 126 cm³/mol. The molecule has 10 heteroatoms. The van der Waals surface area contributed by atoms with Crippen LogP contribution in [0.5, 0.6) is 5.75 Å². The number of rotatable bonds is 11. The topological polar surface area (TPSA) is 143 Å². The van der Waals surface area contributed by atoms with Crippen molar-refractivity contribution in [2.45, 2.75) is 58.7 Å². The summed E-state index contributed by atoms with van der Waals surface area (Å²) in [6, 6.07) is 4.14. The first-order chi connectivity index (χ1) is 15.8. The number of amides is 3. The SMILES string of the molecule is C=CCOC(=O)CNC(=O)C(NC(=O)[C@H](Cc1ccc(O)cc1)NC(=O)OC(C)(C)C)C(C)C. The maximum Gasteiger partial charge on any atom is 0.408 e. The number of aromatic hydroxyl groups is 1. The summed E-state index contributed by atoms with van der Waals surface area (Å²) in [5.74, 6) is -2.07. The van der Waals surface area contributed by atoms with Gasteiger partial charge in [-0.15, -0.1) is 0 Å². The minimum Gasteiger partial charge on any atom is -0.508 e. The summed E-state index contributed by atoms with van der Waals surface area (Å²) in [6.07, 6.45) is 0.705. The molecule has 1 aromatic rings. The smallest absolute Gasteiger partial charge is 0.408 e. The van der Waals surface area contributed by atoms with Gasteiger partial charge >= 0.3 is 12.1 Å². The van der Waals surface area contributed by atoms with Crippen molar-refractivity contribution < 1.29 is 33.8 Å². The Hall–Kier alpha value is -3.56. The van der Waals surface area contributed by atoms with Gasteiger partial charge in [0.2, 0.25) is 11.8 Å². The average molecular weight is 478 g/mol. The van der Waals surface area contributed by atoms with Gasteiger partial charge in [0.25, 0.3) is 0 Å². The first-order valence-corrected chi connectivity index (χ1v) is 10.9. The molecule has 1 rings (SSSR count). The highest BCUT2D eigenvalue weighted by molar-refractivity contribution is 5.92. The van der Waals surface area contributed by atoms with Crippen LogP contribution in [0.1, 0.15) is 40.2 Å². The van der Waals surface area contributed by atoms with Crippen LogP contribution in [0.2, 0.25) is 0 Å². The lowest BCUT2D eigenvalue weighted by atomic mass is 10.0. The molecule has 0 heterocycles. The number of alkyl carbamates (subject to hydrolysis) is 1. The molecule has 0 aromatic heterocycles. The molecule has 0 saturated carbocycles. The summed E-state index contributed by atoms with van der Waals surface area (Å²) in [5, 5.41) is 17.1. The Morgan fingerprint density at radius 2 is 1.68 bits per heavy atom. The van der Waals surface area contributed by atoms with Crippen molar-refractivity contribution in [1.29, 1.82) is 0 Å². The van der Waals surface area contributed by atoms with Crippen molar-refractivity contribution in [3.63, 3.8) is 0 Å². The molecule has 0 fully saturated rings. The molecule has 0 radical (unpaired) electrons. The van der Waals surface area contributed by atoms with Gasteiger partial charge in [-0.05, 0) is 44.4 Å². The molecule has 34 heavy (non-hydrogen) atoms. The van der Waals surface area contributed by atoms with Crippen LogP contribution in [0.25, 0.3) is 0 Å². The molecule has 10 nitrogen and oxygen atoms in total. The van der Waals surface area contributed by atoms with Gasteiger partial charge in [-0.3, -0.25) is 14.4 Å². The van der Waals surface area contributed by atoms with E-state index in [2.05, 4.69) is 22.5 Å². The van der Waals surface area contributed by atoms with Gasteiger partial charge in [-0.2, -0.15) is 0 Å². The van der Waals surface area contributed by atoms with E-state index < -0.39 is 41.6 Å². The minimum atomic E-state index is -1.06. The van der Waals surface area contributed by atoms with Crippen LogP contribution in [0.3, 0.4) is 0 Å². The monoisotopic (exact) mass is 477 g/mol. The first-order valence-electron chi connectivity index (χ1n) is 10.9. The molecule has 3 amide bonds. The Kier molecular flexibility index (Phi) is 11.1. The van der Waals surface area contributed by atoms with E-state index in [4.69, 9.17) is 9.47 Å². The lowest BCUT2D eigenvalue weighted by Gasteiger charge is -2.26. The van der Waals surface area contributed by atoms with E-state index in [0.29, 0.717) is 5.56 Å². The number of phenolic OH excluding ortho intramolecular Hbond substituents is 1. The zero-order valence-electron chi connectivity index (χ0n) is 20.3. The van der Waals surface area contributed by atoms with Crippen molar-refractivity contribution in [2.24, 2.45) is 5.92 Å². The Morgan fingerprint density at radius 1 is 1.06 bits per heavy atom. The lowest BCUT2D eigenvalue weighted by molar-refractivity contribution is -0.143. The fourth-order valence-electron chi connectivity index (χ4n) is 2.79. The molecule has 1 unspecified atom stereocenters. The number of hydrogen-bond acceptors (Lipinski definition) is 7. The summed E-state index contributed by atoms with van der Waals surface area (Å²) in [4.78, 5) is 49.7. The Balaban J connectivity index is 2.95. The highest BCUT2D eigenvalue weighted by atomic mass is 16.6. The standard InChI is InChI=1S/C24H35N3O7/c1-7-12-33-19(29)14-25-22(31)20(15(2)3)27-21(30)18(26-23(32)34-24(4,5)6)13-16-8-10-17(28)11-9-16/h7-11,15,18,20,28H,1,12-14H2,2-6H3,(H,25,31)(H,26,32)(H,27,30)/t18-,20?/m0/s1. The van der Waals surface area contributed by atoms with Gasteiger partial charge in [0.15, 0.2) is 0 Å². The van der Waals surface area contributed by atoms with Gasteiger partial charge in [0.1, 0.15) is 36.6 Å². The second-order valence-corrected chi connectivity index (χ2v) is 8.99. The van der Waals surface area contributed by atoms with E-state index in [1.54, 1.807) is 46.8 Å². The molecule has 2 atom stereocenters. The van der Waals surface area contributed by atoms with Crippen LogP contribution < -0.4 is 16.0 Å². The molecule has 0 aliphatic carbocycles. The third-order valence-corrected chi connectivity index (χ3v) is 4.40. The van der Waals surface area contributed by atoms with E-state index >= 15 is 0 Å². The average Bonchev–Trinajstić information content (AvgIpc) is 2.73. The summed E-state index contributed by atoms with van der Waals surface area (Å²) in [6.45, 7) is 11.7. The second-order valence-electron chi connectivity index (χ2n) is 8.99. The maximum atomic E-state index is 13.1. The molecular formula is C24H35N3O7. The Labute approximate surface area is 200 Å². The molecule has 0 aliphatic heterocycles. The molecule has 0 aliphatic rings.